The predicted octanol–water partition coefficient (Wildman–Crippen LogP) is 1.61. The summed E-state index contributed by atoms with van der Waals surface area (Å²) in [4.78, 5) is 2.68. The molecule has 1 aromatic rings. The molecule has 2 aliphatic rings. The Hall–Kier alpha value is -0.910. The molecule has 1 aromatic carbocycles. The summed E-state index contributed by atoms with van der Waals surface area (Å²) in [5.74, 6) is 0.819. The molecular weight excluding hydrogens is 274 g/mol. The van der Waals surface area contributed by atoms with E-state index in [2.05, 4.69) is 4.90 Å². The summed E-state index contributed by atoms with van der Waals surface area (Å²) in [6.07, 6.45) is 4.52. The second-order valence-electron chi connectivity index (χ2n) is 6.14. The van der Waals surface area contributed by atoms with Crippen LogP contribution >= 0.6 is 0 Å². The van der Waals surface area contributed by atoms with Gasteiger partial charge in [0.2, 0.25) is 0 Å². The number of fused-ring (bicyclic) bond motifs is 2. The molecule has 0 spiro atoms. The van der Waals surface area contributed by atoms with Gasteiger partial charge >= 0.3 is 0 Å². The molecule has 4 nitrogen and oxygen atoms in total. The summed E-state index contributed by atoms with van der Waals surface area (Å²) in [6, 6.07) is 7.23. The molecule has 1 aliphatic heterocycles. The summed E-state index contributed by atoms with van der Waals surface area (Å²) in [5, 5.41) is 10.3. The molecule has 0 amide bonds. The van der Waals surface area contributed by atoms with Crippen molar-refractivity contribution in [2.75, 3.05) is 19.3 Å². The fourth-order valence-corrected chi connectivity index (χ4v) is 4.15. The SMILES string of the molecule is CS(=O)(=O)c1ccc(C(O)CN2CC3CCC2C3)cc1. The van der Waals surface area contributed by atoms with Crippen molar-refractivity contribution in [1.82, 2.24) is 4.90 Å². The lowest BCUT2D eigenvalue weighted by atomic mass is 10.1. The first-order chi connectivity index (χ1) is 9.43. The summed E-state index contributed by atoms with van der Waals surface area (Å²) in [6.45, 7) is 1.75. The summed E-state index contributed by atoms with van der Waals surface area (Å²) >= 11 is 0. The zero-order chi connectivity index (χ0) is 14.3. The zero-order valence-electron chi connectivity index (χ0n) is 11.7. The Morgan fingerprint density at radius 3 is 2.50 bits per heavy atom. The van der Waals surface area contributed by atoms with Crippen molar-refractivity contribution in [1.29, 1.82) is 0 Å². The molecule has 1 saturated heterocycles. The van der Waals surface area contributed by atoms with Gasteiger partial charge in [-0.15, -0.1) is 0 Å². The molecule has 110 valence electrons. The highest BCUT2D eigenvalue weighted by atomic mass is 32.2. The number of sulfone groups is 1. The second kappa shape index (κ2) is 5.13. The number of aliphatic hydroxyl groups is 1. The van der Waals surface area contributed by atoms with Crippen LogP contribution in [0.2, 0.25) is 0 Å². The molecule has 5 heteroatoms. The quantitative estimate of drug-likeness (QED) is 0.917. The molecule has 1 saturated carbocycles. The number of β-amino-alcohol motifs (C(OH)–C–C–N with tert-alkyl or cyclic N) is 1. The predicted molar refractivity (Wildman–Crippen MR) is 77.2 cm³/mol. The Kier molecular flexibility index (Phi) is 3.60. The van der Waals surface area contributed by atoms with Crippen LogP contribution in [-0.4, -0.2) is 43.8 Å². The van der Waals surface area contributed by atoms with Gasteiger partial charge in [-0.05, 0) is 42.9 Å². The van der Waals surface area contributed by atoms with Crippen LogP contribution in [0, 0.1) is 5.92 Å². The van der Waals surface area contributed by atoms with Crippen LogP contribution in [0.1, 0.15) is 30.9 Å². The molecule has 3 unspecified atom stereocenters. The van der Waals surface area contributed by atoms with Crippen molar-refractivity contribution in [2.24, 2.45) is 5.92 Å². The third-order valence-electron chi connectivity index (χ3n) is 4.62. The van der Waals surface area contributed by atoms with Crippen molar-refractivity contribution < 1.29 is 13.5 Å². The molecule has 20 heavy (non-hydrogen) atoms. The van der Waals surface area contributed by atoms with Crippen LogP contribution in [0.25, 0.3) is 0 Å². The Labute approximate surface area is 120 Å². The first-order valence-corrected chi connectivity index (χ1v) is 9.05. The van der Waals surface area contributed by atoms with Gasteiger partial charge in [-0.2, -0.15) is 0 Å². The Bertz CT molecular complexity index is 582. The Morgan fingerprint density at radius 1 is 1.30 bits per heavy atom. The highest BCUT2D eigenvalue weighted by Gasteiger charge is 2.38. The van der Waals surface area contributed by atoms with Crippen molar-refractivity contribution in [3.8, 4) is 0 Å². The average molecular weight is 295 g/mol. The van der Waals surface area contributed by atoms with Crippen molar-refractivity contribution in [3.63, 3.8) is 0 Å². The van der Waals surface area contributed by atoms with Crippen molar-refractivity contribution >= 4 is 9.84 Å². The van der Waals surface area contributed by atoms with Crippen molar-refractivity contribution in [3.05, 3.63) is 29.8 Å². The van der Waals surface area contributed by atoms with E-state index in [9.17, 15) is 13.5 Å². The minimum atomic E-state index is -3.17. The molecule has 2 bridgehead atoms. The van der Waals surface area contributed by atoms with Gasteiger partial charge in [-0.1, -0.05) is 12.1 Å². The van der Waals surface area contributed by atoms with Crippen LogP contribution in [-0.2, 0) is 9.84 Å². The van der Waals surface area contributed by atoms with Crippen LogP contribution in [0.5, 0.6) is 0 Å². The normalized spacial score (nSPS) is 27.9. The lowest BCUT2D eigenvalue weighted by molar-refractivity contribution is 0.0946. The van der Waals surface area contributed by atoms with Crippen LogP contribution in [0.4, 0.5) is 0 Å². The standard InChI is InChI=1S/C15H21NO3S/c1-20(18,19)14-6-3-12(4-7-14)15(17)10-16-9-11-2-5-13(16)8-11/h3-4,6-7,11,13,15,17H,2,5,8-10H2,1H3. The van der Waals surface area contributed by atoms with E-state index in [0.29, 0.717) is 17.5 Å². The zero-order valence-corrected chi connectivity index (χ0v) is 12.5. The van der Waals surface area contributed by atoms with Gasteiger partial charge < -0.3 is 5.11 Å². The molecule has 0 aromatic heterocycles. The molecule has 2 fully saturated rings. The van der Waals surface area contributed by atoms with E-state index in [-0.39, 0.29) is 0 Å². The van der Waals surface area contributed by atoms with Crippen LogP contribution < -0.4 is 0 Å². The summed E-state index contributed by atoms with van der Waals surface area (Å²) in [7, 11) is -3.17. The van der Waals surface area contributed by atoms with Gasteiger partial charge in [0.1, 0.15) is 0 Å². The first kappa shape index (κ1) is 14.0. The monoisotopic (exact) mass is 295 g/mol. The maximum atomic E-state index is 11.4. The van der Waals surface area contributed by atoms with E-state index in [1.54, 1.807) is 24.3 Å². The maximum Gasteiger partial charge on any atom is 0.175 e. The van der Waals surface area contributed by atoms with Crippen LogP contribution in [0.15, 0.2) is 29.2 Å². The molecule has 1 heterocycles. The fourth-order valence-electron chi connectivity index (χ4n) is 3.52. The number of aliphatic hydroxyl groups excluding tert-OH is 1. The van der Waals surface area contributed by atoms with E-state index in [1.165, 1.54) is 25.5 Å². The van der Waals surface area contributed by atoms with E-state index >= 15 is 0 Å². The smallest absolute Gasteiger partial charge is 0.175 e. The first-order valence-electron chi connectivity index (χ1n) is 7.15. The van der Waals surface area contributed by atoms with E-state index in [0.717, 1.165) is 18.0 Å². The number of rotatable bonds is 4. The van der Waals surface area contributed by atoms with Gasteiger partial charge in [-0.25, -0.2) is 8.42 Å². The molecule has 1 aliphatic carbocycles. The number of nitrogens with zero attached hydrogens (tertiary/aromatic N) is 1. The third-order valence-corrected chi connectivity index (χ3v) is 5.75. The molecule has 1 N–H and O–H groups in total. The molecular formula is C15H21NO3S. The van der Waals surface area contributed by atoms with Crippen LogP contribution in [0.3, 0.4) is 0 Å². The van der Waals surface area contributed by atoms with E-state index < -0.39 is 15.9 Å². The largest absolute Gasteiger partial charge is 0.387 e. The third kappa shape index (κ3) is 2.75. The van der Waals surface area contributed by atoms with Crippen molar-refractivity contribution in [2.45, 2.75) is 36.3 Å². The summed E-state index contributed by atoms with van der Waals surface area (Å²) in [5.41, 5.74) is 0.792. The van der Waals surface area contributed by atoms with E-state index in [1.807, 2.05) is 0 Å². The Balaban J connectivity index is 1.67. The van der Waals surface area contributed by atoms with Gasteiger partial charge in [0.15, 0.2) is 9.84 Å². The number of hydrogen-bond donors (Lipinski definition) is 1. The Morgan fingerprint density at radius 2 is 2.00 bits per heavy atom. The lowest BCUT2D eigenvalue weighted by Crippen LogP contribution is -2.35. The lowest BCUT2D eigenvalue weighted by Gasteiger charge is -2.28. The second-order valence-corrected chi connectivity index (χ2v) is 8.16. The average Bonchev–Trinajstić information content (AvgIpc) is 3.00. The number of piperidine rings is 1. The highest BCUT2D eigenvalue weighted by molar-refractivity contribution is 7.90. The maximum absolute atomic E-state index is 11.4. The van der Waals surface area contributed by atoms with Gasteiger partial charge in [0.25, 0.3) is 0 Å². The number of benzene rings is 1. The van der Waals surface area contributed by atoms with E-state index in [4.69, 9.17) is 0 Å². The fraction of sp³-hybridized carbons (Fsp3) is 0.600. The minimum Gasteiger partial charge on any atom is -0.387 e. The number of hydrogen-bond acceptors (Lipinski definition) is 4. The van der Waals surface area contributed by atoms with Gasteiger partial charge in [0.05, 0.1) is 11.0 Å². The summed E-state index contributed by atoms with van der Waals surface area (Å²) < 4.78 is 22.8. The van der Waals surface area contributed by atoms with Gasteiger partial charge in [-0.3, -0.25) is 4.90 Å². The van der Waals surface area contributed by atoms with Gasteiger partial charge in [0, 0.05) is 25.4 Å². The highest BCUT2D eigenvalue weighted by Crippen LogP contribution is 2.38. The topological polar surface area (TPSA) is 57.6 Å². The molecule has 3 rings (SSSR count). The minimum absolute atomic E-state index is 0.300. The molecule has 3 atom stereocenters. The molecule has 0 radical (unpaired) electrons. The number of likely N-dealkylation sites (tertiary alicyclic amines) is 1.